The molecular formula is C51H61ClN6O7S2. The van der Waals surface area contributed by atoms with E-state index in [9.17, 15) is 24.3 Å². The van der Waals surface area contributed by atoms with Crippen LogP contribution in [0.4, 0.5) is 17.1 Å². The van der Waals surface area contributed by atoms with Gasteiger partial charge in [0.05, 0.1) is 17.7 Å². The summed E-state index contributed by atoms with van der Waals surface area (Å²) in [5.74, 6) is 1.20. The maximum Gasteiger partial charge on any atom is 0.349 e. The minimum atomic E-state index is -1.06. The number of nitrogens with one attached hydrogen (secondary N) is 1. The van der Waals surface area contributed by atoms with E-state index in [1.807, 2.05) is 61.5 Å². The van der Waals surface area contributed by atoms with E-state index in [2.05, 4.69) is 76.1 Å². The molecule has 2 saturated heterocycles. The molecule has 1 aromatic heterocycles. The molecule has 13 nitrogen and oxygen atoms in total. The van der Waals surface area contributed by atoms with Crippen LogP contribution in [0.5, 0.6) is 11.5 Å². The van der Waals surface area contributed by atoms with E-state index in [1.165, 1.54) is 30.7 Å². The van der Waals surface area contributed by atoms with Gasteiger partial charge in [-0.25, -0.2) is 9.10 Å². The number of carboxylic acid groups (broad SMARTS) is 1. The van der Waals surface area contributed by atoms with Gasteiger partial charge in [0.2, 0.25) is 0 Å². The number of hydrogen-bond acceptors (Lipinski definition) is 13. The molecule has 3 aliphatic heterocycles. The van der Waals surface area contributed by atoms with E-state index in [-0.39, 0.29) is 28.1 Å². The van der Waals surface area contributed by atoms with Crippen molar-refractivity contribution in [2.24, 2.45) is 10.7 Å². The Morgan fingerprint density at radius 2 is 1.76 bits per heavy atom. The van der Waals surface area contributed by atoms with E-state index in [0.717, 1.165) is 114 Å². The molecule has 3 aliphatic rings. The number of thiophene rings is 1. The first-order chi connectivity index (χ1) is 32.4. The van der Waals surface area contributed by atoms with Crippen molar-refractivity contribution in [3.8, 4) is 21.9 Å². The van der Waals surface area contributed by atoms with Crippen molar-refractivity contribution in [3.05, 3.63) is 99.4 Å². The van der Waals surface area contributed by atoms with Gasteiger partial charge < -0.3 is 40.1 Å². The maximum atomic E-state index is 12.8. The highest BCUT2D eigenvalue weighted by Gasteiger charge is 2.36. The van der Waals surface area contributed by atoms with Crippen molar-refractivity contribution in [1.29, 1.82) is 0 Å². The number of carbonyl (C=O) groups is 4. The van der Waals surface area contributed by atoms with Crippen LogP contribution < -0.4 is 25.4 Å². The van der Waals surface area contributed by atoms with Crippen molar-refractivity contribution in [3.63, 3.8) is 0 Å². The number of amides is 1. The standard InChI is InChI=1S/C45H48ClN5O5S2.C5H8O2.CH5N/c1-45(2)24-31(48-30-9-6-8-29(23-30)41-39(46)40(55-5)42(58-41)44(53)54)18-21-51(45)57-25-27-12-14-35(47-3)37(22-27)56-26-50-19-16-28(17-20-50)32-13-15-36-38-33(32)10-7-11-34(38)43(52)49(36)4;6-4-2-1-3-5-7;1-2/h6-15,22-23,28,31,48H,3,16-21,24-26H2,1-2,4-5H3,(H,53,54);4-5H,1-3H2;2H2,1H3. The zero-order chi connectivity index (χ0) is 48.3. The second kappa shape index (κ2) is 23.6. The van der Waals surface area contributed by atoms with Crippen molar-refractivity contribution < 1.29 is 33.8 Å². The van der Waals surface area contributed by atoms with Gasteiger partial charge in [-0.2, -0.15) is 0 Å². The number of carboxylic acids is 1. The summed E-state index contributed by atoms with van der Waals surface area (Å²) in [6.45, 7) is 11.7. The van der Waals surface area contributed by atoms with Crippen molar-refractivity contribution in [2.75, 3.05) is 57.8 Å². The van der Waals surface area contributed by atoms with E-state index < -0.39 is 5.97 Å². The summed E-state index contributed by atoms with van der Waals surface area (Å²) in [6.07, 6.45) is 7.35. The number of halogens is 1. The molecule has 0 saturated carbocycles. The van der Waals surface area contributed by atoms with E-state index in [1.54, 1.807) is 4.90 Å². The van der Waals surface area contributed by atoms with Crippen LogP contribution in [0.15, 0.2) is 77.8 Å². The largest absolute Gasteiger partial charge is 0.493 e. The third-order valence-electron chi connectivity index (χ3n) is 12.4. The summed E-state index contributed by atoms with van der Waals surface area (Å²) < 4.78 is 14.2. The van der Waals surface area contributed by atoms with Crippen LogP contribution in [0.25, 0.3) is 21.2 Å². The van der Waals surface area contributed by atoms with Gasteiger partial charge in [-0.15, -0.1) is 11.3 Å². The molecule has 4 aromatic carbocycles. The molecule has 1 amide bonds. The number of anilines is 2. The lowest BCUT2D eigenvalue weighted by atomic mass is 9.85. The number of unbranched alkanes of at least 4 members (excludes halogenated alkanes) is 2. The van der Waals surface area contributed by atoms with Gasteiger partial charge in [-0.3, -0.25) is 14.7 Å². The summed E-state index contributed by atoms with van der Waals surface area (Å²) in [4.78, 5) is 52.9. The number of methoxy groups -OCH3 is 1. The SMILES string of the molecule is C=Nc1ccc(CSN2CCC(Nc3cccc(-c4sc(C(=O)O)c(OC)c4Cl)c3)CC2(C)C)cc1OCN1CCC(c2ccc3c4c(cccc24)C(=O)N3C)CC1.CN.O=CCCCC=O. The molecule has 4 N–H and O–H groups in total. The van der Waals surface area contributed by atoms with Crippen LogP contribution in [0.2, 0.25) is 5.02 Å². The number of aldehydes is 2. The molecule has 16 heteroatoms. The van der Waals surface area contributed by atoms with Gasteiger partial charge in [-0.1, -0.05) is 59.9 Å². The summed E-state index contributed by atoms with van der Waals surface area (Å²) in [5.41, 5.74) is 11.3. The molecule has 2 fully saturated rings. The number of benzene rings is 4. The average molecular weight is 970 g/mol. The van der Waals surface area contributed by atoms with Crippen LogP contribution in [0, 0.1) is 0 Å². The fourth-order valence-electron chi connectivity index (χ4n) is 9.02. The van der Waals surface area contributed by atoms with Crippen LogP contribution in [-0.4, -0.2) is 105 Å². The highest BCUT2D eigenvalue weighted by Crippen LogP contribution is 2.46. The van der Waals surface area contributed by atoms with E-state index >= 15 is 0 Å². The molecule has 0 bridgehead atoms. The Hall–Kier alpha value is -5.29. The summed E-state index contributed by atoms with van der Waals surface area (Å²) in [7, 11) is 4.79. The Morgan fingerprint density at radius 3 is 2.42 bits per heavy atom. The molecule has 356 valence electrons. The monoisotopic (exact) mass is 968 g/mol. The van der Waals surface area contributed by atoms with Gasteiger partial charge in [0.25, 0.3) is 5.91 Å². The first-order valence-corrected chi connectivity index (χ1v) is 24.6. The molecule has 1 atom stereocenters. The van der Waals surface area contributed by atoms with Crippen LogP contribution in [0.1, 0.15) is 95.9 Å². The van der Waals surface area contributed by atoms with Crippen LogP contribution in [-0.2, 0) is 15.3 Å². The van der Waals surface area contributed by atoms with Crippen molar-refractivity contribution in [2.45, 2.75) is 82.0 Å². The molecule has 67 heavy (non-hydrogen) atoms. The van der Waals surface area contributed by atoms with E-state index in [4.69, 9.17) is 21.1 Å². The molecule has 1 unspecified atom stereocenters. The number of nitrogens with zero attached hydrogens (tertiary/aromatic N) is 4. The molecular weight excluding hydrogens is 908 g/mol. The van der Waals surface area contributed by atoms with Crippen LogP contribution in [0.3, 0.4) is 0 Å². The number of aliphatic imine (C=N–C) groups is 1. The van der Waals surface area contributed by atoms with Gasteiger partial charge in [0.1, 0.15) is 35.8 Å². The topological polar surface area (TPSA) is 167 Å². The number of ether oxygens (including phenoxy) is 2. The predicted molar refractivity (Wildman–Crippen MR) is 274 cm³/mol. The second-order valence-electron chi connectivity index (χ2n) is 17.2. The van der Waals surface area contributed by atoms with Gasteiger partial charge in [-0.05, 0) is 124 Å². The van der Waals surface area contributed by atoms with E-state index in [0.29, 0.717) is 41.8 Å². The summed E-state index contributed by atoms with van der Waals surface area (Å²) >= 11 is 9.54. The second-order valence-corrected chi connectivity index (χ2v) is 19.6. The molecule has 4 heterocycles. The lowest BCUT2D eigenvalue weighted by Gasteiger charge is -2.45. The molecule has 8 rings (SSSR count). The number of aromatic carboxylic acids is 1. The van der Waals surface area contributed by atoms with Crippen LogP contribution >= 0.6 is 34.9 Å². The Balaban J connectivity index is 0.000000755. The Kier molecular flexibility index (Phi) is 18.0. The third kappa shape index (κ3) is 11.9. The number of carbonyl (C=O) groups excluding carboxylic acids is 3. The quantitative estimate of drug-likeness (QED) is 0.0350. The van der Waals surface area contributed by atoms with Crippen molar-refractivity contribution in [1.82, 2.24) is 9.21 Å². The third-order valence-corrected chi connectivity index (χ3v) is 15.5. The van der Waals surface area contributed by atoms with Gasteiger partial charge >= 0.3 is 5.97 Å². The number of rotatable bonds is 17. The Bertz CT molecular complexity index is 2550. The fourth-order valence-corrected chi connectivity index (χ4v) is 11.6. The number of nitrogens with two attached hydrogens (primary N) is 1. The maximum absolute atomic E-state index is 12.8. The summed E-state index contributed by atoms with van der Waals surface area (Å²) in [6, 6.07) is 24.9. The smallest absolute Gasteiger partial charge is 0.349 e. The number of hydrogen-bond donors (Lipinski definition) is 3. The lowest BCUT2D eigenvalue weighted by molar-refractivity contribution is -0.108. The van der Waals surface area contributed by atoms with Gasteiger partial charge in [0.15, 0.2) is 10.6 Å². The highest BCUT2D eigenvalue weighted by molar-refractivity contribution is 7.96. The van der Waals surface area contributed by atoms with Gasteiger partial charge in [0, 0.05) is 73.5 Å². The predicted octanol–water partition coefficient (Wildman–Crippen LogP) is 10.7. The number of piperidine rings is 2. The number of likely N-dealkylation sites (tertiary alicyclic amines) is 1. The Labute approximate surface area is 406 Å². The highest BCUT2D eigenvalue weighted by atomic mass is 35.5. The molecule has 0 radical (unpaired) electrons. The minimum absolute atomic E-state index is 0.0618. The Morgan fingerprint density at radius 1 is 1.03 bits per heavy atom. The normalized spacial score (nSPS) is 16.9. The fraction of sp³-hybridized carbons (Fsp3) is 0.392. The first-order valence-electron chi connectivity index (χ1n) is 22.5. The molecule has 0 aliphatic carbocycles. The summed E-state index contributed by atoms with van der Waals surface area (Å²) in [5, 5.41) is 16.0. The first kappa shape index (κ1) is 51.1. The minimum Gasteiger partial charge on any atom is -0.493 e. The lowest BCUT2D eigenvalue weighted by Crippen LogP contribution is -2.49. The van der Waals surface area contributed by atoms with Crippen molar-refractivity contribution >= 4 is 93.9 Å². The average Bonchev–Trinajstić information content (AvgIpc) is 3.81. The molecule has 0 spiro atoms. The zero-order valence-electron chi connectivity index (χ0n) is 38.9. The molecule has 5 aromatic rings. The zero-order valence-corrected chi connectivity index (χ0v) is 41.3.